The molecule has 0 amide bonds. The molecule has 3 aliphatic rings. The molecule has 0 unspecified atom stereocenters. The minimum absolute atomic E-state index is 0.131. The van der Waals surface area contributed by atoms with E-state index in [0.717, 1.165) is 29.8 Å². The molecule has 30 heavy (non-hydrogen) atoms. The SMILES string of the molecule is CSc1nnc2c(n1)O[C@H]([C@H]1C[C@@H]3C(=CCCC3(C)C)C[C@@H]1C)Nc1ccccc1-2. The third-order valence-electron chi connectivity index (χ3n) is 7.31. The Kier molecular flexibility index (Phi) is 5.00. The van der Waals surface area contributed by atoms with E-state index in [9.17, 15) is 0 Å². The van der Waals surface area contributed by atoms with Gasteiger partial charge in [-0.15, -0.1) is 10.2 Å². The van der Waals surface area contributed by atoms with Gasteiger partial charge in [-0.05, 0) is 55.3 Å². The molecule has 2 heterocycles. The lowest BCUT2D eigenvalue weighted by Crippen LogP contribution is -2.45. The maximum absolute atomic E-state index is 6.58. The van der Waals surface area contributed by atoms with E-state index < -0.39 is 0 Å². The van der Waals surface area contributed by atoms with Crippen molar-refractivity contribution >= 4 is 17.4 Å². The third-order valence-corrected chi connectivity index (χ3v) is 7.85. The molecule has 0 saturated heterocycles. The Morgan fingerprint density at radius 1 is 1.20 bits per heavy atom. The van der Waals surface area contributed by atoms with Gasteiger partial charge in [0, 0.05) is 17.2 Å². The molecule has 1 N–H and O–H groups in total. The number of hydrogen-bond acceptors (Lipinski definition) is 6. The van der Waals surface area contributed by atoms with Crippen molar-refractivity contribution in [2.24, 2.45) is 23.2 Å². The highest BCUT2D eigenvalue weighted by molar-refractivity contribution is 7.98. The number of rotatable bonds is 2. The van der Waals surface area contributed by atoms with Crippen LogP contribution in [0.5, 0.6) is 5.88 Å². The monoisotopic (exact) mass is 422 g/mol. The standard InChI is InChI=1S/C24H30N4OS/c1-14-12-15-8-7-11-24(2,3)18(15)13-17(14)21-25-19-10-6-5-9-16(19)20-22(29-21)26-23(30-4)28-27-20/h5-6,8-10,14,17-18,21,25H,7,11-13H2,1-4H3/t14-,17-,18+,21+/m0/s1. The molecule has 1 saturated carbocycles. The molecule has 6 heteroatoms. The first kappa shape index (κ1) is 19.9. The molecule has 4 atom stereocenters. The van der Waals surface area contributed by atoms with E-state index in [0.29, 0.717) is 34.2 Å². The maximum atomic E-state index is 6.58. The van der Waals surface area contributed by atoms with E-state index in [2.05, 4.69) is 65.5 Å². The summed E-state index contributed by atoms with van der Waals surface area (Å²) in [7, 11) is 0. The number of allylic oxidation sites excluding steroid dienone is 2. The van der Waals surface area contributed by atoms with Crippen LogP contribution in [0.4, 0.5) is 5.69 Å². The van der Waals surface area contributed by atoms with Gasteiger partial charge in [-0.25, -0.2) is 0 Å². The lowest BCUT2D eigenvalue weighted by atomic mass is 9.59. The van der Waals surface area contributed by atoms with Gasteiger partial charge in [0.25, 0.3) is 0 Å². The molecular weight excluding hydrogens is 392 g/mol. The molecule has 0 radical (unpaired) electrons. The number of aromatic nitrogens is 3. The summed E-state index contributed by atoms with van der Waals surface area (Å²) in [5.74, 6) is 2.16. The summed E-state index contributed by atoms with van der Waals surface area (Å²) >= 11 is 1.49. The quantitative estimate of drug-likeness (QED) is 0.487. The number of nitrogens with zero attached hydrogens (tertiary/aromatic N) is 3. The van der Waals surface area contributed by atoms with Crippen LogP contribution in [0, 0.1) is 23.2 Å². The van der Waals surface area contributed by atoms with Crippen molar-refractivity contribution in [1.29, 1.82) is 0 Å². The Bertz CT molecular complexity index is 989. The van der Waals surface area contributed by atoms with E-state index in [-0.39, 0.29) is 6.23 Å². The van der Waals surface area contributed by atoms with Gasteiger partial charge in [0.2, 0.25) is 11.0 Å². The molecule has 1 aromatic carbocycles. The molecule has 158 valence electrons. The van der Waals surface area contributed by atoms with Crippen LogP contribution in [0.2, 0.25) is 0 Å². The first-order valence-electron chi connectivity index (χ1n) is 11.0. The first-order chi connectivity index (χ1) is 14.5. The molecule has 1 fully saturated rings. The topological polar surface area (TPSA) is 59.9 Å². The molecule has 2 aliphatic carbocycles. The van der Waals surface area contributed by atoms with Crippen LogP contribution in [0.25, 0.3) is 11.3 Å². The van der Waals surface area contributed by atoms with E-state index in [1.165, 1.54) is 24.6 Å². The van der Waals surface area contributed by atoms with Gasteiger partial charge < -0.3 is 10.1 Å². The summed E-state index contributed by atoms with van der Waals surface area (Å²) in [4.78, 5) is 4.69. The normalized spacial score (nSPS) is 29.3. The summed E-state index contributed by atoms with van der Waals surface area (Å²) < 4.78 is 6.58. The second-order valence-electron chi connectivity index (χ2n) is 9.62. The van der Waals surface area contributed by atoms with Gasteiger partial charge in [-0.2, -0.15) is 4.98 Å². The smallest absolute Gasteiger partial charge is 0.247 e. The van der Waals surface area contributed by atoms with E-state index in [1.54, 1.807) is 5.57 Å². The Labute approximate surface area is 183 Å². The van der Waals surface area contributed by atoms with Crippen LogP contribution in [0.1, 0.15) is 46.5 Å². The lowest BCUT2D eigenvalue weighted by molar-refractivity contribution is 0.0519. The van der Waals surface area contributed by atoms with Crippen molar-refractivity contribution < 1.29 is 4.74 Å². The summed E-state index contributed by atoms with van der Waals surface area (Å²) in [5, 5.41) is 13.1. The molecule has 5 nitrogen and oxygen atoms in total. The number of thioether (sulfide) groups is 1. The zero-order valence-corrected chi connectivity index (χ0v) is 19.0. The van der Waals surface area contributed by atoms with Crippen molar-refractivity contribution in [2.45, 2.75) is 57.8 Å². The molecule has 1 aromatic heterocycles. The second kappa shape index (κ2) is 7.56. The number of hydrogen-bond donors (Lipinski definition) is 1. The van der Waals surface area contributed by atoms with E-state index in [1.807, 2.05) is 12.3 Å². The average molecular weight is 423 g/mol. The van der Waals surface area contributed by atoms with Crippen molar-refractivity contribution in [3.8, 4) is 17.1 Å². The average Bonchev–Trinajstić information content (AvgIpc) is 2.89. The summed E-state index contributed by atoms with van der Waals surface area (Å²) in [6.45, 7) is 7.24. The fourth-order valence-electron chi connectivity index (χ4n) is 5.54. The van der Waals surface area contributed by atoms with Gasteiger partial charge in [0.1, 0.15) is 0 Å². The Balaban J connectivity index is 1.53. The summed E-state index contributed by atoms with van der Waals surface area (Å²) in [6, 6.07) is 8.26. The van der Waals surface area contributed by atoms with Gasteiger partial charge in [0.05, 0.1) is 0 Å². The Hall–Kier alpha value is -2.08. The molecular formula is C24H30N4OS. The van der Waals surface area contributed by atoms with Crippen LogP contribution in [-0.2, 0) is 0 Å². The number of benzene rings is 1. The zero-order chi connectivity index (χ0) is 20.9. The minimum Gasteiger partial charge on any atom is -0.452 e. The van der Waals surface area contributed by atoms with Gasteiger partial charge in [-0.3, -0.25) is 0 Å². The van der Waals surface area contributed by atoms with Gasteiger partial charge >= 0.3 is 0 Å². The van der Waals surface area contributed by atoms with Crippen LogP contribution in [0.15, 0.2) is 41.1 Å². The minimum atomic E-state index is -0.131. The van der Waals surface area contributed by atoms with Crippen LogP contribution < -0.4 is 10.1 Å². The van der Waals surface area contributed by atoms with Crippen molar-refractivity contribution in [2.75, 3.05) is 11.6 Å². The third kappa shape index (κ3) is 3.39. The van der Waals surface area contributed by atoms with Crippen LogP contribution in [0.3, 0.4) is 0 Å². The number of fused-ring (bicyclic) bond motifs is 4. The maximum Gasteiger partial charge on any atom is 0.247 e. The Morgan fingerprint density at radius 3 is 2.87 bits per heavy atom. The van der Waals surface area contributed by atoms with Crippen molar-refractivity contribution in [3.05, 3.63) is 35.9 Å². The molecule has 0 spiro atoms. The second-order valence-corrected chi connectivity index (χ2v) is 10.4. The lowest BCUT2D eigenvalue weighted by Gasteiger charge is -2.48. The highest BCUT2D eigenvalue weighted by atomic mass is 32.2. The Morgan fingerprint density at radius 2 is 2.03 bits per heavy atom. The number of nitrogens with one attached hydrogen (secondary N) is 1. The fraction of sp³-hybridized carbons (Fsp3) is 0.542. The highest BCUT2D eigenvalue weighted by Gasteiger charge is 2.44. The molecule has 1 aliphatic heterocycles. The zero-order valence-electron chi connectivity index (χ0n) is 18.2. The number of para-hydroxylation sites is 1. The fourth-order valence-corrected chi connectivity index (χ4v) is 5.84. The van der Waals surface area contributed by atoms with Crippen molar-refractivity contribution in [3.63, 3.8) is 0 Å². The summed E-state index contributed by atoms with van der Waals surface area (Å²) in [5.41, 5.74) is 4.78. The number of ether oxygens (including phenoxy) is 1. The van der Waals surface area contributed by atoms with Gasteiger partial charge in [-0.1, -0.05) is 62.4 Å². The molecule has 0 bridgehead atoms. The first-order valence-corrected chi connectivity index (χ1v) is 12.2. The molecule has 2 aromatic rings. The predicted octanol–water partition coefficient (Wildman–Crippen LogP) is 5.80. The molecule has 5 rings (SSSR count). The van der Waals surface area contributed by atoms with E-state index in [4.69, 9.17) is 4.74 Å². The van der Waals surface area contributed by atoms with Crippen LogP contribution in [-0.4, -0.2) is 27.7 Å². The predicted molar refractivity (Wildman–Crippen MR) is 122 cm³/mol. The van der Waals surface area contributed by atoms with Crippen LogP contribution >= 0.6 is 11.8 Å². The van der Waals surface area contributed by atoms with E-state index >= 15 is 0 Å². The summed E-state index contributed by atoms with van der Waals surface area (Å²) in [6.07, 6.45) is 9.13. The highest BCUT2D eigenvalue weighted by Crippen LogP contribution is 2.52. The van der Waals surface area contributed by atoms with Gasteiger partial charge in [0.15, 0.2) is 11.9 Å². The number of anilines is 1. The van der Waals surface area contributed by atoms with Crippen molar-refractivity contribution in [1.82, 2.24) is 15.2 Å². The largest absolute Gasteiger partial charge is 0.452 e.